The van der Waals surface area contributed by atoms with E-state index in [1.54, 1.807) is 27.7 Å². The molecule has 1 atom stereocenters. The molecule has 156 valence electrons. The van der Waals surface area contributed by atoms with Crippen LogP contribution < -0.4 is 5.73 Å². The van der Waals surface area contributed by atoms with Crippen molar-refractivity contribution in [2.24, 2.45) is 5.73 Å². The van der Waals surface area contributed by atoms with Gasteiger partial charge in [0.15, 0.2) is 17.1 Å². The lowest BCUT2D eigenvalue weighted by atomic mass is 10.3. The van der Waals surface area contributed by atoms with Crippen molar-refractivity contribution >= 4 is 35.2 Å². The molecule has 1 aromatic rings. The van der Waals surface area contributed by atoms with E-state index in [4.69, 9.17) is 20.8 Å². The number of primary amides is 1. The Morgan fingerprint density at radius 3 is 1.85 bits per heavy atom. The molecule has 27 heavy (non-hydrogen) atoms. The normalized spacial score (nSPS) is 9.89. The maximum absolute atomic E-state index is 11.1. The fourth-order valence-electron chi connectivity index (χ4n) is 1.30. The first-order chi connectivity index (χ1) is 12.0. The Hall–Kier alpha value is -2.42. The number of aryl methyl sites for hydroxylation is 2. The fourth-order valence-corrected chi connectivity index (χ4v) is 1.36. The number of ketones is 1. The highest BCUT2D eigenvalue weighted by Gasteiger charge is 2.20. The van der Waals surface area contributed by atoms with Crippen molar-refractivity contribution in [3.63, 3.8) is 0 Å². The number of amides is 1. The van der Waals surface area contributed by atoms with Crippen LogP contribution in [0, 0.1) is 13.8 Å². The molecular weight excluding hydrogens is 380 g/mol. The van der Waals surface area contributed by atoms with Gasteiger partial charge in [-0.3, -0.25) is 9.59 Å². The lowest BCUT2D eigenvalue weighted by molar-refractivity contribution is -0.144. The first-order valence-electron chi connectivity index (χ1n) is 7.66. The van der Waals surface area contributed by atoms with E-state index in [-0.39, 0.29) is 31.5 Å². The van der Waals surface area contributed by atoms with Crippen LogP contribution in [-0.4, -0.2) is 47.2 Å². The number of ether oxygens (including phenoxy) is 2. The van der Waals surface area contributed by atoms with Crippen LogP contribution >= 0.6 is 11.6 Å². The summed E-state index contributed by atoms with van der Waals surface area (Å²) >= 11 is 5.32. The number of carbonyl (C=O) groups is 4. The third kappa shape index (κ3) is 14.4. The van der Waals surface area contributed by atoms with Gasteiger partial charge in [0.2, 0.25) is 11.7 Å². The number of hydrogen-bond donors (Lipinski definition) is 1. The summed E-state index contributed by atoms with van der Waals surface area (Å²) in [6, 6.07) is 0. The van der Waals surface area contributed by atoms with Crippen LogP contribution in [0.3, 0.4) is 0 Å². The third-order valence-electron chi connectivity index (χ3n) is 2.21. The van der Waals surface area contributed by atoms with Crippen LogP contribution in [-0.2, 0) is 23.9 Å². The minimum absolute atomic E-state index is 0. The molecule has 1 unspecified atom stereocenters. The number of esters is 2. The number of hydrogen-bond acceptors (Lipinski definition) is 8. The summed E-state index contributed by atoms with van der Waals surface area (Å²) in [6.07, 6.45) is 0. The topological polar surface area (TPSA) is 139 Å². The Balaban J connectivity index is -0.000000350. The number of carbonyl (C=O) groups excluding carboxylic acids is 4. The first-order valence-corrected chi connectivity index (χ1v) is 8.09. The second-order valence-electron chi connectivity index (χ2n) is 4.70. The highest BCUT2D eigenvalue weighted by molar-refractivity contribution is 6.40. The molecule has 0 aliphatic carbocycles. The van der Waals surface area contributed by atoms with Crippen LogP contribution in [0.2, 0.25) is 0 Å². The molecule has 0 spiro atoms. The average Bonchev–Trinajstić information content (AvgIpc) is 2.85. The summed E-state index contributed by atoms with van der Waals surface area (Å²) in [7, 11) is 0. The van der Waals surface area contributed by atoms with Crippen LogP contribution in [0.5, 0.6) is 0 Å². The number of oxazole rings is 1. The molecule has 1 heterocycles. The Bertz CT molecular complexity index is 610. The second-order valence-corrected chi connectivity index (χ2v) is 5.14. The molecule has 9 nitrogen and oxygen atoms in total. The Labute approximate surface area is 164 Å². The van der Waals surface area contributed by atoms with Crippen molar-refractivity contribution in [3.8, 4) is 0 Å². The molecule has 0 radical (unpaired) electrons. The average molecular weight is 409 g/mol. The SMILES string of the molecule is C.CC(N)=O.CCOC(=O)C(Cl)C(C)=O.CCOC(=O)c1oc(C)nc1C. The molecule has 0 saturated carbocycles. The van der Waals surface area contributed by atoms with Crippen molar-refractivity contribution in [3.05, 3.63) is 17.3 Å². The monoisotopic (exact) mass is 408 g/mol. The van der Waals surface area contributed by atoms with Gasteiger partial charge in [0.05, 0.1) is 18.9 Å². The van der Waals surface area contributed by atoms with Crippen LogP contribution in [0.4, 0.5) is 0 Å². The summed E-state index contributed by atoms with van der Waals surface area (Å²) in [5, 5.41) is -1.14. The number of nitrogens with zero attached hydrogens (tertiary/aromatic N) is 1. The summed E-state index contributed by atoms with van der Waals surface area (Å²) < 4.78 is 14.3. The van der Waals surface area contributed by atoms with E-state index in [1.165, 1.54) is 13.8 Å². The highest BCUT2D eigenvalue weighted by Crippen LogP contribution is 2.10. The van der Waals surface area contributed by atoms with Crippen molar-refractivity contribution in [1.82, 2.24) is 4.98 Å². The number of nitrogens with two attached hydrogens (primary N) is 1. The van der Waals surface area contributed by atoms with Crippen LogP contribution in [0.15, 0.2) is 4.42 Å². The van der Waals surface area contributed by atoms with Gasteiger partial charge in [0.1, 0.15) is 0 Å². The maximum atomic E-state index is 11.1. The quantitative estimate of drug-likeness (QED) is 0.444. The zero-order valence-corrected chi connectivity index (χ0v) is 16.5. The largest absolute Gasteiger partial charge is 0.465 e. The van der Waals surface area contributed by atoms with Gasteiger partial charge in [0.25, 0.3) is 0 Å². The molecule has 0 bridgehead atoms. The number of rotatable bonds is 5. The predicted octanol–water partition coefficient (Wildman–Crippen LogP) is 2.34. The molecule has 1 aromatic heterocycles. The summed E-state index contributed by atoms with van der Waals surface area (Å²) in [4.78, 5) is 45.3. The number of halogens is 1. The molecule has 0 aliphatic heterocycles. The summed E-state index contributed by atoms with van der Waals surface area (Å²) in [5.74, 6) is -1.16. The smallest absolute Gasteiger partial charge is 0.376 e. The van der Waals surface area contributed by atoms with E-state index in [9.17, 15) is 19.2 Å². The van der Waals surface area contributed by atoms with E-state index in [0.717, 1.165) is 0 Å². The molecule has 1 rings (SSSR count). The molecular formula is C17H29ClN2O7. The van der Waals surface area contributed by atoms with Gasteiger partial charge in [-0.2, -0.15) is 0 Å². The maximum Gasteiger partial charge on any atom is 0.376 e. The van der Waals surface area contributed by atoms with Gasteiger partial charge < -0.3 is 19.6 Å². The van der Waals surface area contributed by atoms with E-state index < -0.39 is 17.3 Å². The molecule has 0 fully saturated rings. The zero-order valence-electron chi connectivity index (χ0n) is 15.8. The van der Waals surface area contributed by atoms with Gasteiger partial charge in [-0.1, -0.05) is 7.43 Å². The lowest BCUT2D eigenvalue weighted by Crippen LogP contribution is -2.24. The standard InChI is InChI=1S/C8H11NO3.C6H9ClO3.C2H5NO.CH4/c1-4-11-8(10)7-5(2)9-6(3)12-7;1-3-10-6(9)5(7)4(2)8;1-2(3)4;/h4H2,1-3H3;5H,3H2,1-2H3;1H3,(H2,3,4);1H4. The van der Waals surface area contributed by atoms with E-state index >= 15 is 0 Å². The van der Waals surface area contributed by atoms with Crippen LogP contribution in [0.25, 0.3) is 0 Å². The minimum Gasteiger partial charge on any atom is -0.465 e. The molecule has 10 heteroatoms. The van der Waals surface area contributed by atoms with Crippen molar-refractivity contribution in [2.75, 3.05) is 13.2 Å². The van der Waals surface area contributed by atoms with Gasteiger partial charge in [-0.15, -0.1) is 11.6 Å². The summed E-state index contributed by atoms with van der Waals surface area (Å²) in [6.45, 7) is 9.94. The fraction of sp³-hybridized carbons (Fsp3) is 0.588. The van der Waals surface area contributed by atoms with E-state index in [2.05, 4.69) is 15.5 Å². The zero-order chi connectivity index (χ0) is 20.9. The molecule has 0 aromatic carbocycles. The number of Topliss-reactive ketones (excluding diaryl/α,β-unsaturated/α-hetero) is 1. The van der Waals surface area contributed by atoms with Crippen molar-refractivity contribution in [1.29, 1.82) is 0 Å². The number of aromatic nitrogens is 1. The van der Waals surface area contributed by atoms with Gasteiger partial charge >= 0.3 is 11.9 Å². The minimum atomic E-state index is -1.14. The van der Waals surface area contributed by atoms with E-state index in [1.807, 2.05) is 0 Å². The Kier molecular flexibility index (Phi) is 17.2. The van der Waals surface area contributed by atoms with E-state index in [0.29, 0.717) is 18.2 Å². The third-order valence-corrected chi connectivity index (χ3v) is 2.70. The Morgan fingerprint density at radius 2 is 1.56 bits per heavy atom. The second kappa shape index (κ2) is 15.8. The molecule has 0 aliphatic rings. The number of alkyl halides is 1. The van der Waals surface area contributed by atoms with Gasteiger partial charge in [-0.05, 0) is 27.7 Å². The lowest BCUT2D eigenvalue weighted by Gasteiger charge is -2.03. The van der Waals surface area contributed by atoms with Gasteiger partial charge in [-0.25, -0.2) is 14.6 Å². The van der Waals surface area contributed by atoms with Crippen molar-refractivity contribution in [2.45, 2.75) is 54.3 Å². The highest BCUT2D eigenvalue weighted by atomic mass is 35.5. The molecule has 1 amide bonds. The first kappa shape index (κ1) is 29.3. The van der Waals surface area contributed by atoms with Gasteiger partial charge in [0, 0.05) is 13.8 Å². The Morgan fingerprint density at radius 1 is 1.11 bits per heavy atom. The predicted molar refractivity (Wildman–Crippen MR) is 100 cm³/mol. The van der Waals surface area contributed by atoms with Crippen molar-refractivity contribution < 1.29 is 33.1 Å². The molecule has 0 saturated heterocycles. The van der Waals surface area contributed by atoms with Crippen LogP contribution in [0.1, 0.15) is 57.3 Å². The molecule has 2 N–H and O–H groups in total. The summed E-state index contributed by atoms with van der Waals surface area (Å²) in [5.41, 5.74) is 5.05.